The Bertz CT molecular complexity index is 631. The highest BCUT2D eigenvalue weighted by Crippen LogP contribution is 2.24. The molecular weight excluding hydrogens is 270 g/mol. The lowest BCUT2D eigenvalue weighted by Gasteiger charge is -2.08. The third-order valence-electron chi connectivity index (χ3n) is 3.09. The molecule has 0 aliphatic heterocycles. The van der Waals surface area contributed by atoms with Crippen LogP contribution in [-0.2, 0) is 13.0 Å². The van der Waals surface area contributed by atoms with Crippen molar-refractivity contribution in [3.63, 3.8) is 0 Å². The van der Waals surface area contributed by atoms with E-state index >= 15 is 0 Å². The topological polar surface area (TPSA) is 39.2 Å². The van der Waals surface area contributed by atoms with Gasteiger partial charge in [0, 0.05) is 6.92 Å². The molecule has 0 spiro atoms. The number of hydrogen-bond acceptors (Lipinski definition) is 4. The van der Waals surface area contributed by atoms with Crippen LogP contribution < -0.4 is 4.74 Å². The highest BCUT2D eigenvalue weighted by molar-refractivity contribution is 7.13. The molecule has 1 heterocycles. The number of aromatic nitrogens is 1. The van der Waals surface area contributed by atoms with Crippen LogP contribution in [0.25, 0.3) is 0 Å². The zero-order valence-corrected chi connectivity index (χ0v) is 13.1. The number of carbonyl (C=O) groups excluding carboxylic acids is 1. The van der Waals surface area contributed by atoms with Gasteiger partial charge >= 0.3 is 0 Å². The smallest absolute Gasteiger partial charge is 0.171 e. The molecule has 1 aromatic heterocycles. The number of rotatable bonds is 5. The van der Waals surface area contributed by atoms with Gasteiger partial charge in [-0.05, 0) is 37.5 Å². The van der Waals surface area contributed by atoms with Crippen molar-refractivity contribution in [1.29, 1.82) is 0 Å². The minimum absolute atomic E-state index is 0.0809. The Kier molecular flexibility index (Phi) is 4.55. The van der Waals surface area contributed by atoms with Crippen LogP contribution >= 0.6 is 11.3 Å². The van der Waals surface area contributed by atoms with Gasteiger partial charge in [0.25, 0.3) is 0 Å². The summed E-state index contributed by atoms with van der Waals surface area (Å²) in [5.41, 5.74) is 3.15. The summed E-state index contributed by atoms with van der Waals surface area (Å²) >= 11 is 1.44. The van der Waals surface area contributed by atoms with E-state index in [-0.39, 0.29) is 5.78 Å². The van der Waals surface area contributed by atoms with Crippen molar-refractivity contribution in [2.24, 2.45) is 0 Å². The molecule has 2 rings (SSSR count). The Hall–Kier alpha value is -1.68. The van der Waals surface area contributed by atoms with Crippen molar-refractivity contribution in [1.82, 2.24) is 4.98 Å². The molecule has 0 amide bonds. The third kappa shape index (κ3) is 3.25. The van der Waals surface area contributed by atoms with Gasteiger partial charge in [-0.1, -0.05) is 19.1 Å². The van der Waals surface area contributed by atoms with E-state index in [0.29, 0.717) is 6.61 Å². The number of Topliss-reactive ketones (excluding diaryl/α,β-unsaturated/α-hetero) is 1. The van der Waals surface area contributed by atoms with E-state index < -0.39 is 0 Å². The molecule has 0 fully saturated rings. The van der Waals surface area contributed by atoms with E-state index in [0.717, 1.165) is 33.3 Å². The largest absolute Gasteiger partial charge is 0.486 e. The van der Waals surface area contributed by atoms with Crippen molar-refractivity contribution in [3.05, 3.63) is 44.9 Å². The molecule has 0 unspecified atom stereocenters. The molecule has 0 saturated heterocycles. The predicted molar refractivity (Wildman–Crippen MR) is 81.7 cm³/mol. The maximum atomic E-state index is 11.5. The predicted octanol–water partition coefficient (Wildman–Crippen LogP) is 4.10. The minimum atomic E-state index is 0.0809. The molecule has 0 saturated carbocycles. The molecule has 0 radical (unpaired) electrons. The fourth-order valence-corrected chi connectivity index (χ4v) is 2.94. The second-order valence-electron chi connectivity index (χ2n) is 4.85. The van der Waals surface area contributed by atoms with Gasteiger partial charge in [-0.25, -0.2) is 4.98 Å². The van der Waals surface area contributed by atoms with Crippen LogP contribution in [0.3, 0.4) is 0 Å². The van der Waals surface area contributed by atoms with Crippen LogP contribution in [0, 0.1) is 13.8 Å². The molecule has 1 aromatic carbocycles. The maximum absolute atomic E-state index is 11.5. The maximum Gasteiger partial charge on any atom is 0.171 e. The van der Waals surface area contributed by atoms with Gasteiger partial charge < -0.3 is 4.74 Å². The molecule has 0 aliphatic rings. The molecule has 20 heavy (non-hydrogen) atoms. The zero-order valence-electron chi connectivity index (χ0n) is 12.3. The number of benzene rings is 1. The van der Waals surface area contributed by atoms with Gasteiger partial charge in [-0.3, -0.25) is 4.79 Å². The average Bonchev–Trinajstić information content (AvgIpc) is 2.83. The fourth-order valence-electron chi connectivity index (χ4n) is 1.98. The van der Waals surface area contributed by atoms with Crippen LogP contribution in [0.2, 0.25) is 0 Å². The molecule has 0 N–H and O–H groups in total. The van der Waals surface area contributed by atoms with E-state index in [2.05, 4.69) is 11.1 Å². The summed E-state index contributed by atoms with van der Waals surface area (Å²) < 4.78 is 5.83. The number of nitrogens with zero attached hydrogens (tertiary/aromatic N) is 1. The Morgan fingerprint density at radius 2 is 2.10 bits per heavy atom. The lowest BCUT2D eigenvalue weighted by Crippen LogP contribution is -1.97. The van der Waals surface area contributed by atoms with E-state index in [1.54, 1.807) is 6.92 Å². The number of carbonyl (C=O) groups is 1. The monoisotopic (exact) mass is 289 g/mol. The summed E-state index contributed by atoms with van der Waals surface area (Å²) in [6, 6.07) is 6.13. The fraction of sp³-hybridized carbons (Fsp3) is 0.375. The van der Waals surface area contributed by atoms with Gasteiger partial charge in [-0.2, -0.15) is 0 Å². The Labute approximate surface area is 123 Å². The summed E-state index contributed by atoms with van der Waals surface area (Å²) in [6.07, 6.45) is 0.773. The van der Waals surface area contributed by atoms with Crippen LogP contribution in [0.1, 0.15) is 45.3 Å². The molecule has 2 aromatic rings. The zero-order chi connectivity index (χ0) is 14.7. The second-order valence-corrected chi connectivity index (χ2v) is 5.93. The number of aryl methyl sites for hydroxylation is 3. The first-order chi connectivity index (χ1) is 9.51. The summed E-state index contributed by atoms with van der Waals surface area (Å²) in [6.45, 7) is 8.07. The van der Waals surface area contributed by atoms with Crippen molar-refractivity contribution < 1.29 is 9.53 Å². The van der Waals surface area contributed by atoms with Gasteiger partial charge in [0.15, 0.2) is 5.78 Å². The molecule has 0 aliphatic carbocycles. The number of thiazole rings is 1. The number of ether oxygens (including phenoxy) is 1. The second kappa shape index (κ2) is 6.18. The number of ketones is 1. The van der Waals surface area contributed by atoms with E-state index in [9.17, 15) is 4.79 Å². The van der Waals surface area contributed by atoms with Gasteiger partial charge in [0.1, 0.15) is 17.4 Å². The lowest BCUT2D eigenvalue weighted by atomic mass is 10.1. The molecule has 0 bridgehead atoms. The van der Waals surface area contributed by atoms with Crippen LogP contribution in [0.4, 0.5) is 0 Å². The van der Waals surface area contributed by atoms with E-state index in [4.69, 9.17) is 4.74 Å². The highest BCUT2D eigenvalue weighted by Gasteiger charge is 2.14. The quantitative estimate of drug-likeness (QED) is 0.778. The van der Waals surface area contributed by atoms with Crippen molar-refractivity contribution >= 4 is 17.1 Å². The molecule has 3 nitrogen and oxygen atoms in total. The average molecular weight is 289 g/mol. The SMILES string of the molecule is CCc1nc(COc2cc(C)ccc2C)sc1C(C)=O. The summed E-state index contributed by atoms with van der Waals surface area (Å²) in [5.74, 6) is 0.958. The standard InChI is InChI=1S/C16H19NO2S/c1-5-13-16(12(4)18)20-15(17-13)9-19-14-8-10(2)6-7-11(14)3/h6-8H,5,9H2,1-4H3. The van der Waals surface area contributed by atoms with Crippen LogP contribution in [0.5, 0.6) is 5.75 Å². The Balaban J connectivity index is 2.15. The van der Waals surface area contributed by atoms with Crippen molar-refractivity contribution in [3.8, 4) is 5.75 Å². The summed E-state index contributed by atoms with van der Waals surface area (Å²) in [5, 5.41) is 0.855. The molecular formula is C16H19NO2S. The van der Waals surface area contributed by atoms with Crippen LogP contribution in [0.15, 0.2) is 18.2 Å². The molecule has 4 heteroatoms. The van der Waals surface area contributed by atoms with E-state index in [1.807, 2.05) is 32.9 Å². The first kappa shape index (κ1) is 14.7. The highest BCUT2D eigenvalue weighted by atomic mass is 32.1. The Morgan fingerprint density at radius 1 is 1.35 bits per heavy atom. The summed E-state index contributed by atoms with van der Waals surface area (Å²) in [7, 11) is 0. The van der Waals surface area contributed by atoms with Crippen molar-refractivity contribution in [2.45, 2.75) is 40.7 Å². The number of hydrogen-bond donors (Lipinski definition) is 0. The molecule has 0 atom stereocenters. The van der Waals surface area contributed by atoms with Gasteiger partial charge in [0.05, 0.1) is 10.6 Å². The Morgan fingerprint density at radius 3 is 2.70 bits per heavy atom. The van der Waals surface area contributed by atoms with Crippen LogP contribution in [-0.4, -0.2) is 10.8 Å². The lowest BCUT2D eigenvalue weighted by molar-refractivity contribution is 0.102. The summed E-state index contributed by atoms with van der Waals surface area (Å²) in [4.78, 5) is 16.8. The molecule has 106 valence electrons. The normalized spacial score (nSPS) is 10.6. The van der Waals surface area contributed by atoms with Crippen molar-refractivity contribution in [2.75, 3.05) is 0 Å². The van der Waals surface area contributed by atoms with Gasteiger partial charge in [0.2, 0.25) is 0 Å². The van der Waals surface area contributed by atoms with E-state index in [1.165, 1.54) is 16.9 Å². The first-order valence-electron chi connectivity index (χ1n) is 6.70. The van der Waals surface area contributed by atoms with Gasteiger partial charge in [-0.15, -0.1) is 11.3 Å². The minimum Gasteiger partial charge on any atom is -0.486 e. The third-order valence-corrected chi connectivity index (χ3v) is 4.26. The first-order valence-corrected chi connectivity index (χ1v) is 7.52.